The zero-order valence-corrected chi connectivity index (χ0v) is 12.4. The van der Waals surface area contributed by atoms with E-state index in [-0.39, 0.29) is 11.8 Å². The Labute approximate surface area is 130 Å². The van der Waals surface area contributed by atoms with E-state index < -0.39 is 0 Å². The summed E-state index contributed by atoms with van der Waals surface area (Å²) in [5.74, 6) is 0.861. The molecular formula is C18H19N3O. The summed E-state index contributed by atoms with van der Waals surface area (Å²) in [7, 11) is 0. The second-order valence-corrected chi connectivity index (χ2v) is 6.17. The van der Waals surface area contributed by atoms with Gasteiger partial charge in [0.05, 0.1) is 11.6 Å². The van der Waals surface area contributed by atoms with Gasteiger partial charge in [-0.25, -0.2) is 0 Å². The van der Waals surface area contributed by atoms with Crippen molar-refractivity contribution in [3.05, 3.63) is 60.4 Å². The van der Waals surface area contributed by atoms with Gasteiger partial charge in [-0.1, -0.05) is 24.3 Å². The van der Waals surface area contributed by atoms with Crippen molar-refractivity contribution in [2.24, 2.45) is 11.8 Å². The highest BCUT2D eigenvalue weighted by Crippen LogP contribution is 2.35. The molecule has 2 fully saturated rings. The van der Waals surface area contributed by atoms with Crippen LogP contribution in [-0.4, -0.2) is 35.4 Å². The van der Waals surface area contributed by atoms with Crippen molar-refractivity contribution in [3.8, 4) is 0 Å². The van der Waals surface area contributed by atoms with Gasteiger partial charge in [0.2, 0.25) is 5.91 Å². The molecular weight excluding hydrogens is 274 g/mol. The van der Waals surface area contributed by atoms with Crippen LogP contribution in [0, 0.1) is 11.8 Å². The minimum absolute atomic E-state index is 0.143. The van der Waals surface area contributed by atoms with Crippen LogP contribution in [0.25, 0.3) is 0 Å². The summed E-state index contributed by atoms with van der Waals surface area (Å²) in [4.78, 5) is 21.4. The predicted molar refractivity (Wildman–Crippen MR) is 85.3 cm³/mol. The lowest BCUT2D eigenvalue weighted by molar-refractivity contribution is -0.120. The summed E-state index contributed by atoms with van der Waals surface area (Å²) < 4.78 is 0. The molecule has 0 aliphatic carbocycles. The number of amides is 1. The number of aromatic nitrogens is 1. The number of hydrogen-bond acceptors (Lipinski definition) is 3. The average Bonchev–Trinajstić information content (AvgIpc) is 3.08. The fourth-order valence-electron chi connectivity index (χ4n) is 3.64. The Balaban J connectivity index is 1.44. The van der Waals surface area contributed by atoms with Crippen molar-refractivity contribution >= 4 is 11.6 Å². The van der Waals surface area contributed by atoms with Crippen molar-refractivity contribution in [1.29, 1.82) is 0 Å². The summed E-state index contributed by atoms with van der Waals surface area (Å²) in [6.45, 7) is 3.51. The second-order valence-electron chi connectivity index (χ2n) is 6.17. The highest BCUT2D eigenvalue weighted by Gasteiger charge is 2.46. The van der Waals surface area contributed by atoms with Gasteiger partial charge in [0.1, 0.15) is 0 Å². The summed E-state index contributed by atoms with van der Waals surface area (Å²) in [6.07, 6.45) is 1.83. The first-order valence-corrected chi connectivity index (χ1v) is 7.80. The summed E-state index contributed by atoms with van der Waals surface area (Å²) >= 11 is 0. The number of fused-ring (bicyclic) bond motifs is 1. The van der Waals surface area contributed by atoms with Gasteiger partial charge in [0, 0.05) is 44.0 Å². The van der Waals surface area contributed by atoms with Crippen molar-refractivity contribution in [1.82, 2.24) is 9.88 Å². The van der Waals surface area contributed by atoms with Gasteiger partial charge < -0.3 is 4.90 Å². The predicted octanol–water partition coefficient (Wildman–Crippen LogP) is 2.18. The van der Waals surface area contributed by atoms with Crippen LogP contribution in [0.2, 0.25) is 0 Å². The van der Waals surface area contributed by atoms with E-state index in [1.807, 2.05) is 59.6 Å². The van der Waals surface area contributed by atoms with Crippen LogP contribution < -0.4 is 4.90 Å². The minimum Gasteiger partial charge on any atom is -0.312 e. The Bertz CT molecular complexity index is 659. The number of carbonyl (C=O) groups excluding carboxylic acids is 1. The van der Waals surface area contributed by atoms with Gasteiger partial charge in [-0.05, 0) is 24.3 Å². The molecule has 2 aromatic rings. The maximum absolute atomic E-state index is 12.7. The molecule has 0 bridgehead atoms. The molecule has 2 saturated heterocycles. The maximum atomic E-state index is 12.7. The van der Waals surface area contributed by atoms with Gasteiger partial charge in [-0.3, -0.25) is 14.7 Å². The first-order chi connectivity index (χ1) is 10.8. The van der Waals surface area contributed by atoms with E-state index in [2.05, 4.69) is 9.88 Å². The molecule has 4 heteroatoms. The van der Waals surface area contributed by atoms with Crippen molar-refractivity contribution in [3.63, 3.8) is 0 Å². The van der Waals surface area contributed by atoms with E-state index in [4.69, 9.17) is 0 Å². The number of benzene rings is 1. The third-order valence-electron chi connectivity index (χ3n) is 4.70. The second kappa shape index (κ2) is 5.54. The summed E-state index contributed by atoms with van der Waals surface area (Å²) in [5.41, 5.74) is 2.10. The molecule has 2 atom stereocenters. The molecule has 0 unspecified atom stereocenters. The number of pyridine rings is 1. The quantitative estimate of drug-likeness (QED) is 0.870. The zero-order valence-electron chi connectivity index (χ0n) is 12.4. The highest BCUT2D eigenvalue weighted by atomic mass is 16.2. The van der Waals surface area contributed by atoms with E-state index in [9.17, 15) is 4.79 Å². The van der Waals surface area contributed by atoms with Crippen molar-refractivity contribution in [2.45, 2.75) is 6.54 Å². The zero-order chi connectivity index (χ0) is 14.9. The van der Waals surface area contributed by atoms with Crippen LogP contribution in [0.5, 0.6) is 0 Å². The standard InChI is InChI=1S/C18H19N3O/c22-18-17-13-20(12-15-6-4-5-9-19-15)10-14(17)11-21(18)16-7-2-1-3-8-16/h1-9,14,17H,10-13H2/t14-,17+/m0/s1. The molecule has 1 amide bonds. The summed E-state index contributed by atoms with van der Waals surface area (Å²) in [5, 5.41) is 0. The van der Waals surface area contributed by atoms with Gasteiger partial charge in [-0.2, -0.15) is 0 Å². The highest BCUT2D eigenvalue weighted by molar-refractivity contribution is 5.98. The Morgan fingerprint density at radius 2 is 1.82 bits per heavy atom. The van der Waals surface area contributed by atoms with Gasteiger partial charge >= 0.3 is 0 Å². The van der Waals surface area contributed by atoms with Crippen LogP contribution in [-0.2, 0) is 11.3 Å². The number of hydrogen-bond donors (Lipinski definition) is 0. The largest absolute Gasteiger partial charge is 0.312 e. The first kappa shape index (κ1) is 13.5. The molecule has 0 radical (unpaired) electrons. The third-order valence-corrected chi connectivity index (χ3v) is 4.70. The average molecular weight is 293 g/mol. The first-order valence-electron chi connectivity index (χ1n) is 7.80. The molecule has 0 N–H and O–H groups in total. The lowest BCUT2D eigenvalue weighted by Gasteiger charge is -2.21. The number of para-hydroxylation sites is 1. The molecule has 0 saturated carbocycles. The van der Waals surface area contributed by atoms with E-state index in [0.29, 0.717) is 5.92 Å². The maximum Gasteiger partial charge on any atom is 0.231 e. The van der Waals surface area contributed by atoms with Crippen molar-refractivity contribution in [2.75, 3.05) is 24.5 Å². The van der Waals surface area contributed by atoms with Crippen LogP contribution in [0.4, 0.5) is 5.69 Å². The Morgan fingerprint density at radius 1 is 1.00 bits per heavy atom. The van der Waals surface area contributed by atoms with Crippen LogP contribution >= 0.6 is 0 Å². The fourth-order valence-corrected chi connectivity index (χ4v) is 3.64. The topological polar surface area (TPSA) is 36.4 Å². The lowest BCUT2D eigenvalue weighted by Crippen LogP contribution is -2.32. The molecule has 4 nitrogen and oxygen atoms in total. The number of carbonyl (C=O) groups is 1. The van der Waals surface area contributed by atoms with E-state index >= 15 is 0 Å². The smallest absolute Gasteiger partial charge is 0.231 e. The molecule has 0 spiro atoms. The Hall–Kier alpha value is -2.20. The number of nitrogens with zero attached hydrogens (tertiary/aromatic N) is 3. The van der Waals surface area contributed by atoms with Gasteiger partial charge in [-0.15, -0.1) is 0 Å². The minimum atomic E-state index is 0.143. The summed E-state index contributed by atoms with van der Waals surface area (Å²) in [6, 6.07) is 16.0. The van der Waals surface area contributed by atoms with E-state index in [1.165, 1.54) is 0 Å². The van der Waals surface area contributed by atoms with Gasteiger partial charge in [0.25, 0.3) is 0 Å². The number of likely N-dealkylation sites (tertiary alicyclic amines) is 1. The SMILES string of the molecule is O=C1[C@@H]2CN(Cc3ccccn3)C[C@H]2CN1c1ccccc1. The molecule has 1 aromatic carbocycles. The van der Waals surface area contributed by atoms with Crippen LogP contribution in [0.3, 0.4) is 0 Å². The molecule has 2 aliphatic rings. The van der Waals surface area contributed by atoms with Crippen LogP contribution in [0.1, 0.15) is 5.69 Å². The van der Waals surface area contributed by atoms with Crippen molar-refractivity contribution < 1.29 is 4.79 Å². The molecule has 2 aliphatic heterocycles. The lowest BCUT2D eigenvalue weighted by atomic mass is 10.0. The number of rotatable bonds is 3. The molecule has 22 heavy (non-hydrogen) atoms. The Morgan fingerprint density at radius 3 is 2.55 bits per heavy atom. The fraction of sp³-hybridized carbons (Fsp3) is 0.333. The molecule has 3 heterocycles. The van der Waals surface area contributed by atoms with Gasteiger partial charge in [0.15, 0.2) is 0 Å². The Kier molecular flexibility index (Phi) is 3.39. The molecule has 4 rings (SSSR count). The van der Waals surface area contributed by atoms with E-state index in [0.717, 1.165) is 37.6 Å². The van der Waals surface area contributed by atoms with E-state index in [1.54, 1.807) is 0 Å². The molecule has 112 valence electrons. The van der Waals surface area contributed by atoms with Crippen LogP contribution in [0.15, 0.2) is 54.7 Å². The number of anilines is 1. The monoisotopic (exact) mass is 293 g/mol. The third kappa shape index (κ3) is 2.40. The molecule has 1 aromatic heterocycles. The normalized spacial score (nSPS) is 24.7.